The molecule has 1 N–H and O–H groups in total. The summed E-state index contributed by atoms with van der Waals surface area (Å²) in [4.78, 5) is 0. The van der Waals surface area contributed by atoms with Crippen LogP contribution in [0.5, 0.6) is 0 Å². The Hall–Kier alpha value is -0.870. The van der Waals surface area contributed by atoms with E-state index in [1.807, 2.05) is 24.7 Å². The number of aliphatic hydroxyl groups is 1. The standard InChI is InChI=1S/C10H16N2O2/c1-7-5-9(11-12(7)2)10-6-8(13)3-4-14-10/h5,8,10,13H,3-4,6H2,1-2H3. The lowest BCUT2D eigenvalue weighted by Crippen LogP contribution is -2.23. The van der Waals surface area contributed by atoms with Crippen LogP contribution in [0.15, 0.2) is 6.07 Å². The van der Waals surface area contributed by atoms with E-state index in [4.69, 9.17) is 4.74 Å². The Kier molecular flexibility index (Phi) is 2.56. The molecule has 2 rings (SSSR count). The smallest absolute Gasteiger partial charge is 0.104 e. The SMILES string of the molecule is Cc1cc(C2CC(O)CCO2)nn1C. The molecule has 1 aliphatic rings. The summed E-state index contributed by atoms with van der Waals surface area (Å²) < 4.78 is 7.40. The van der Waals surface area contributed by atoms with Gasteiger partial charge in [0.1, 0.15) is 6.10 Å². The second kappa shape index (κ2) is 3.71. The highest BCUT2D eigenvalue weighted by Gasteiger charge is 2.24. The largest absolute Gasteiger partial charge is 0.393 e. The summed E-state index contributed by atoms with van der Waals surface area (Å²) in [7, 11) is 1.91. The number of nitrogens with zero attached hydrogens (tertiary/aromatic N) is 2. The predicted molar refractivity (Wildman–Crippen MR) is 51.9 cm³/mol. The van der Waals surface area contributed by atoms with Crippen LogP contribution in [0.1, 0.15) is 30.3 Å². The highest BCUT2D eigenvalue weighted by molar-refractivity contribution is 5.11. The van der Waals surface area contributed by atoms with Crippen molar-refractivity contribution in [3.05, 3.63) is 17.5 Å². The average Bonchev–Trinajstić information content (AvgIpc) is 2.47. The first-order chi connectivity index (χ1) is 6.66. The van der Waals surface area contributed by atoms with Gasteiger partial charge < -0.3 is 9.84 Å². The Morgan fingerprint density at radius 2 is 2.43 bits per heavy atom. The normalized spacial score (nSPS) is 27.9. The van der Waals surface area contributed by atoms with Crippen LogP contribution in [-0.2, 0) is 11.8 Å². The number of hydrogen-bond acceptors (Lipinski definition) is 3. The Morgan fingerprint density at radius 3 is 3.00 bits per heavy atom. The maximum atomic E-state index is 9.50. The van der Waals surface area contributed by atoms with Crippen molar-refractivity contribution < 1.29 is 9.84 Å². The van der Waals surface area contributed by atoms with Gasteiger partial charge >= 0.3 is 0 Å². The first-order valence-corrected chi connectivity index (χ1v) is 4.97. The van der Waals surface area contributed by atoms with E-state index in [0.717, 1.165) is 17.8 Å². The minimum atomic E-state index is -0.240. The highest BCUT2D eigenvalue weighted by atomic mass is 16.5. The molecule has 2 atom stereocenters. The Morgan fingerprint density at radius 1 is 1.64 bits per heavy atom. The summed E-state index contributed by atoms with van der Waals surface area (Å²) >= 11 is 0. The zero-order valence-corrected chi connectivity index (χ0v) is 8.60. The minimum absolute atomic E-state index is 0.0290. The van der Waals surface area contributed by atoms with Crippen LogP contribution in [0, 0.1) is 6.92 Å². The zero-order valence-electron chi connectivity index (χ0n) is 8.60. The lowest BCUT2D eigenvalue weighted by atomic mass is 10.0. The fraction of sp³-hybridized carbons (Fsp3) is 0.700. The molecule has 1 aliphatic heterocycles. The molecule has 78 valence electrons. The molecule has 4 nitrogen and oxygen atoms in total. The van der Waals surface area contributed by atoms with Crippen LogP contribution in [-0.4, -0.2) is 27.6 Å². The number of hydrogen-bond donors (Lipinski definition) is 1. The topological polar surface area (TPSA) is 47.3 Å². The van der Waals surface area contributed by atoms with Crippen LogP contribution in [0.3, 0.4) is 0 Å². The van der Waals surface area contributed by atoms with Gasteiger partial charge in [0.25, 0.3) is 0 Å². The van der Waals surface area contributed by atoms with Gasteiger partial charge in [-0.3, -0.25) is 4.68 Å². The molecule has 1 aromatic heterocycles. The van der Waals surface area contributed by atoms with Crippen molar-refractivity contribution in [1.29, 1.82) is 0 Å². The Balaban J connectivity index is 2.14. The van der Waals surface area contributed by atoms with Crippen molar-refractivity contribution in [1.82, 2.24) is 9.78 Å². The third-order valence-electron chi connectivity index (χ3n) is 2.72. The lowest BCUT2D eigenvalue weighted by molar-refractivity contribution is -0.0468. The molecular weight excluding hydrogens is 180 g/mol. The van der Waals surface area contributed by atoms with Gasteiger partial charge in [-0.2, -0.15) is 5.10 Å². The van der Waals surface area contributed by atoms with Crippen LogP contribution in [0.25, 0.3) is 0 Å². The van der Waals surface area contributed by atoms with E-state index in [2.05, 4.69) is 5.10 Å². The molecule has 1 aromatic rings. The summed E-state index contributed by atoms with van der Waals surface area (Å²) in [5.41, 5.74) is 2.05. The van der Waals surface area contributed by atoms with Crippen LogP contribution in [0.2, 0.25) is 0 Å². The second-order valence-electron chi connectivity index (χ2n) is 3.87. The molecule has 0 amide bonds. The fourth-order valence-electron chi connectivity index (χ4n) is 1.73. The Bertz CT molecular complexity index is 302. The van der Waals surface area contributed by atoms with Gasteiger partial charge in [0.05, 0.1) is 11.8 Å². The van der Waals surface area contributed by atoms with Crippen molar-refractivity contribution in [3.8, 4) is 0 Å². The first kappa shape index (κ1) is 9.68. The van der Waals surface area contributed by atoms with Crippen LogP contribution in [0.4, 0.5) is 0 Å². The van der Waals surface area contributed by atoms with Gasteiger partial charge in [-0.05, 0) is 19.4 Å². The van der Waals surface area contributed by atoms with Crippen molar-refractivity contribution in [2.45, 2.75) is 32.0 Å². The molecule has 0 bridgehead atoms. The number of aromatic nitrogens is 2. The quantitative estimate of drug-likeness (QED) is 0.727. The molecule has 0 aromatic carbocycles. The number of rotatable bonds is 1. The summed E-state index contributed by atoms with van der Waals surface area (Å²) in [6.07, 6.45) is 1.13. The molecular formula is C10H16N2O2. The molecule has 0 spiro atoms. The molecule has 0 saturated carbocycles. The summed E-state index contributed by atoms with van der Waals surface area (Å²) in [6, 6.07) is 2.02. The van der Waals surface area contributed by atoms with E-state index in [0.29, 0.717) is 13.0 Å². The van der Waals surface area contributed by atoms with E-state index in [1.165, 1.54) is 0 Å². The number of aliphatic hydroxyl groups excluding tert-OH is 1. The fourth-order valence-corrected chi connectivity index (χ4v) is 1.73. The van der Waals surface area contributed by atoms with Gasteiger partial charge in [-0.1, -0.05) is 0 Å². The van der Waals surface area contributed by atoms with Crippen molar-refractivity contribution >= 4 is 0 Å². The van der Waals surface area contributed by atoms with E-state index in [-0.39, 0.29) is 12.2 Å². The zero-order chi connectivity index (χ0) is 10.1. The van der Waals surface area contributed by atoms with Crippen LogP contribution >= 0.6 is 0 Å². The van der Waals surface area contributed by atoms with Gasteiger partial charge in [0, 0.05) is 25.8 Å². The van der Waals surface area contributed by atoms with Crippen molar-refractivity contribution in [2.75, 3.05) is 6.61 Å². The monoisotopic (exact) mass is 196 g/mol. The third kappa shape index (κ3) is 1.81. The molecule has 1 fully saturated rings. The van der Waals surface area contributed by atoms with E-state index >= 15 is 0 Å². The molecule has 4 heteroatoms. The molecule has 0 aliphatic carbocycles. The van der Waals surface area contributed by atoms with E-state index in [9.17, 15) is 5.11 Å². The maximum absolute atomic E-state index is 9.50. The lowest BCUT2D eigenvalue weighted by Gasteiger charge is -2.24. The Labute approximate surface area is 83.5 Å². The van der Waals surface area contributed by atoms with Gasteiger partial charge in [-0.15, -0.1) is 0 Å². The summed E-state index contributed by atoms with van der Waals surface area (Å²) in [5.74, 6) is 0. The molecule has 2 heterocycles. The van der Waals surface area contributed by atoms with Crippen molar-refractivity contribution in [2.24, 2.45) is 7.05 Å². The van der Waals surface area contributed by atoms with Gasteiger partial charge in [0.15, 0.2) is 0 Å². The first-order valence-electron chi connectivity index (χ1n) is 4.97. The van der Waals surface area contributed by atoms with Crippen molar-refractivity contribution in [3.63, 3.8) is 0 Å². The third-order valence-corrected chi connectivity index (χ3v) is 2.72. The maximum Gasteiger partial charge on any atom is 0.104 e. The molecule has 1 saturated heterocycles. The van der Waals surface area contributed by atoms with Crippen LogP contribution < -0.4 is 0 Å². The molecule has 14 heavy (non-hydrogen) atoms. The highest BCUT2D eigenvalue weighted by Crippen LogP contribution is 2.27. The minimum Gasteiger partial charge on any atom is -0.393 e. The van der Waals surface area contributed by atoms with Gasteiger partial charge in [-0.25, -0.2) is 0 Å². The second-order valence-corrected chi connectivity index (χ2v) is 3.87. The number of ether oxygens (including phenoxy) is 1. The summed E-state index contributed by atoms with van der Waals surface area (Å²) in [6.45, 7) is 2.64. The van der Waals surface area contributed by atoms with Gasteiger partial charge in [0.2, 0.25) is 0 Å². The van der Waals surface area contributed by atoms with E-state index in [1.54, 1.807) is 0 Å². The number of aryl methyl sites for hydroxylation is 2. The molecule has 0 radical (unpaired) electrons. The predicted octanol–water partition coefficient (Wildman–Crippen LogP) is 0.941. The molecule has 2 unspecified atom stereocenters. The van der Waals surface area contributed by atoms with E-state index < -0.39 is 0 Å². The summed E-state index contributed by atoms with van der Waals surface area (Å²) in [5, 5.41) is 13.9. The average molecular weight is 196 g/mol.